The van der Waals surface area contributed by atoms with E-state index in [9.17, 15) is 4.39 Å². The van der Waals surface area contributed by atoms with Crippen molar-refractivity contribution in [1.29, 1.82) is 0 Å². The summed E-state index contributed by atoms with van der Waals surface area (Å²) in [7, 11) is 1.80. The molecule has 4 nitrogen and oxygen atoms in total. The molecule has 0 fully saturated rings. The van der Waals surface area contributed by atoms with Gasteiger partial charge in [0.1, 0.15) is 23.3 Å². The van der Waals surface area contributed by atoms with E-state index < -0.39 is 5.82 Å². The zero-order chi connectivity index (χ0) is 15.4. The molecule has 0 aliphatic rings. The Morgan fingerprint density at radius 1 is 1.24 bits per heavy atom. The van der Waals surface area contributed by atoms with E-state index in [-0.39, 0.29) is 0 Å². The number of halogens is 2. The van der Waals surface area contributed by atoms with E-state index in [0.717, 1.165) is 30.0 Å². The Morgan fingerprint density at radius 3 is 2.57 bits per heavy atom. The number of aromatic nitrogens is 2. The molecule has 6 heteroatoms. The molecule has 1 aromatic carbocycles. The highest BCUT2D eigenvalue weighted by atomic mass is 35.5. The summed E-state index contributed by atoms with van der Waals surface area (Å²) in [5, 5.41) is 6.42. The first kappa shape index (κ1) is 15.5. The number of benzene rings is 1. The first-order valence-electron chi connectivity index (χ1n) is 6.82. The molecule has 0 amide bonds. The number of nitrogens with one attached hydrogen (secondary N) is 2. The number of hydrogen-bond donors (Lipinski definition) is 2. The fraction of sp³-hybridized carbons (Fsp3) is 0.333. The van der Waals surface area contributed by atoms with Gasteiger partial charge in [0.15, 0.2) is 0 Å². The standard InChI is InChI=1S/C15H18ClFN4/c1-4-5-13-20-14(18-3)9(2)15(21-13)19-12-7-6-10(16)8-11(12)17/h6-8H,4-5H2,1-3H3,(H2,18,19,20,21). The van der Waals surface area contributed by atoms with Crippen molar-refractivity contribution in [2.24, 2.45) is 0 Å². The third-order valence-electron chi connectivity index (χ3n) is 3.09. The molecule has 0 spiro atoms. The highest BCUT2D eigenvalue weighted by Crippen LogP contribution is 2.26. The van der Waals surface area contributed by atoms with Crippen molar-refractivity contribution < 1.29 is 4.39 Å². The summed E-state index contributed by atoms with van der Waals surface area (Å²) in [5.41, 5.74) is 1.18. The fourth-order valence-corrected chi connectivity index (χ4v) is 2.14. The van der Waals surface area contributed by atoms with E-state index in [1.807, 2.05) is 6.92 Å². The molecule has 1 heterocycles. The van der Waals surface area contributed by atoms with Crippen LogP contribution in [0.5, 0.6) is 0 Å². The smallest absolute Gasteiger partial charge is 0.148 e. The van der Waals surface area contributed by atoms with Gasteiger partial charge in [-0.1, -0.05) is 18.5 Å². The molecule has 21 heavy (non-hydrogen) atoms. The number of anilines is 3. The first-order valence-corrected chi connectivity index (χ1v) is 7.20. The quantitative estimate of drug-likeness (QED) is 0.864. The molecular formula is C15H18ClFN4. The zero-order valence-corrected chi connectivity index (χ0v) is 13.1. The van der Waals surface area contributed by atoms with Gasteiger partial charge in [-0.25, -0.2) is 14.4 Å². The van der Waals surface area contributed by atoms with Crippen molar-refractivity contribution in [3.63, 3.8) is 0 Å². The highest BCUT2D eigenvalue weighted by Gasteiger charge is 2.12. The second kappa shape index (κ2) is 6.72. The van der Waals surface area contributed by atoms with Crippen LogP contribution in [0.4, 0.5) is 21.7 Å². The zero-order valence-electron chi connectivity index (χ0n) is 12.3. The van der Waals surface area contributed by atoms with Gasteiger partial charge in [0.05, 0.1) is 5.69 Å². The Morgan fingerprint density at radius 2 is 1.95 bits per heavy atom. The summed E-state index contributed by atoms with van der Waals surface area (Å²) < 4.78 is 13.9. The van der Waals surface area contributed by atoms with Crippen LogP contribution in [0.1, 0.15) is 24.7 Å². The van der Waals surface area contributed by atoms with E-state index >= 15 is 0 Å². The summed E-state index contributed by atoms with van der Waals surface area (Å²) in [6, 6.07) is 4.50. The molecule has 0 aliphatic carbocycles. The molecule has 2 aromatic rings. The van der Waals surface area contributed by atoms with Gasteiger partial charge in [0.2, 0.25) is 0 Å². The number of nitrogens with zero attached hydrogens (tertiary/aromatic N) is 2. The van der Waals surface area contributed by atoms with Gasteiger partial charge in [-0.05, 0) is 31.5 Å². The molecule has 0 unspecified atom stereocenters. The van der Waals surface area contributed by atoms with Crippen molar-refractivity contribution in [1.82, 2.24) is 9.97 Å². The van der Waals surface area contributed by atoms with E-state index in [0.29, 0.717) is 16.5 Å². The molecule has 112 valence electrons. The lowest BCUT2D eigenvalue weighted by atomic mass is 10.2. The molecule has 0 bridgehead atoms. The Bertz CT molecular complexity index is 646. The van der Waals surface area contributed by atoms with E-state index in [1.54, 1.807) is 19.2 Å². The van der Waals surface area contributed by atoms with Crippen LogP contribution >= 0.6 is 11.6 Å². The lowest BCUT2D eigenvalue weighted by Crippen LogP contribution is -2.07. The fourth-order valence-electron chi connectivity index (χ4n) is 1.98. The summed E-state index contributed by atoms with van der Waals surface area (Å²) in [5.74, 6) is 1.65. The average molecular weight is 309 g/mol. The van der Waals surface area contributed by atoms with Gasteiger partial charge < -0.3 is 10.6 Å². The SMILES string of the molecule is CCCc1nc(NC)c(C)c(Nc2ccc(Cl)cc2F)n1. The minimum Gasteiger partial charge on any atom is -0.373 e. The van der Waals surface area contributed by atoms with Crippen LogP contribution < -0.4 is 10.6 Å². The predicted molar refractivity (Wildman–Crippen MR) is 85.0 cm³/mol. The molecule has 0 atom stereocenters. The topological polar surface area (TPSA) is 49.8 Å². The van der Waals surface area contributed by atoms with E-state index in [2.05, 4.69) is 27.5 Å². The average Bonchev–Trinajstić information content (AvgIpc) is 2.45. The molecule has 2 N–H and O–H groups in total. The third-order valence-corrected chi connectivity index (χ3v) is 3.32. The maximum atomic E-state index is 13.9. The molecular weight excluding hydrogens is 291 g/mol. The van der Waals surface area contributed by atoms with Gasteiger partial charge in [-0.2, -0.15) is 0 Å². The largest absolute Gasteiger partial charge is 0.373 e. The normalized spacial score (nSPS) is 10.5. The van der Waals surface area contributed by atoms with Gasteiger partial charge in [0, 0.05) is 24.1 Å². The molecule has 0 saturated heterocycles. The van der Waals surface area contributed by atoms with Crippen molar-refractivity contribution in [3.05, 3.63) is 40.4 Å². The van der Waals surface area contributed by atoms with Crippen LogP contribution in [0.3, 0.4) is 0 Å². The van der Waals surface area contributed by atoms with Gasteiger partial charge in [0.25, 0.3) is 0 Å². The molecule has 0 saturated carbocycles. The van der Waals surface area contributed by atoms with Crippen LogP contribution in [0.15, 0.2) is 18.2 Å². The minimum atomic E-state index is -0.413. The summed E-state index contributed by atoms with van der Waals surface area (Å²) in [6.45, 7) is 3.95. The number of rotatable bonds is 5. The Hall–Kier alpha value is -1.88. The molecule has 1 aromatic heterocycles. The van der Waals surface area contributed by atoms with Crippen LogP contribution in [-0.4, -0.2) is 17.0 Å². The van der Waals surface area contributed by atoms with Crippen LogP contribution in [0, 0.1) is 12.7 Å². The number of aryl methyl sites for hydroxylation is 1. The second-order valence-electron chi connectivity index (χ2n) is 4.71. The predicted octanol–water partition coefficient (Wildman–Crippen LogP) is 4.32. The lowest BCUT2D eigenvalue weighted by molar-refractivity contribution is 0.632. The first-order chi connectivity index (χ1) is 10.0. The van der Waals surface area contributed by atoms with Gasteiger partial charge in [-0.15, -0.1) is 0 Å². The van der Waals surface area contributed by atoms with Gasteiger partial charge in [-0.3, -0.25) is 0 Å². The van der Waals surface area contributed by atoms with Crippen molar-refractivity contribution in [2.75, 3.05) is 17.7 Å². The van der Waals surface area contributed by atoms with Crippen molar-refractivity contribution in [3.8, 4) is 0 Å². The van der Waals surface area contributed by atoms with Crippen molar-refractivity contribution >= 4 is 28.9 Å². The summed E-state index contributed by atoms with van der Waals surface area (Å²) >= 11 is 5.76. The van der Waals surface area contributed by atoms with Crippen molar-refractivity contribution in [2.45, 2.75) is 26.7 Å². The monoisotopic (exact) mass is 308 g/mol. The summed E-state index contributed by atoms with van der Waals surface area (Å²) in [4.78, 5) is 8.91. The molecule has 0 radical (unpaired) electrons. The maximum Gasteiger partial charge on any atom is 0.148 e. The maximum absolute atomic E-state index is 13.9. The van der Waals surface area contributed by atoms with Crippen LogP contribution in [0.25, 0.3) is 0 Å². The summed E-state index contributed by atoms with van der Waals surface area (Å²) in [6.07, 6.45) is 1.72. The molecule has 0 aliphatic heterocycles. The molecule has 2 rings (SSSR count). The Labute approximate surface area is 128 Å². The second-order valence-corrected chi connectivity index (χ2v) is 5.15. The van der Waals surface area contributed by atoms with Crippen LogP contribution in [0.2, 0.25) is 5.02 Å². The van der Waals surface area contributed by atoms with E-state index in [1.165, 1.54) is 6.07 Å². The Balaban J connectivity index is 2.40. The van der Waals surface area contributed by atoms with E-state index in [4.69, 9.17) is 11.6 Å². The Kier molecular flexibility index (Phi) is 4.96. The number of hydrogen-bond acceptors (Lipinski definition) is 4. The third kappa shape index (κ3) is 3.61. The lowest BCUT2D eigenvalue weighted by Gasteiger charge is -2.14. The highest BCUT2D eigenvalue weighted by molar-refractivity contribution is 6.30. The van der Waals surface area contributed by atoms with Gasteiger partial charge >= 0.3 is 0 Å². The minimum absolute atomic E-state index is 0.339. The van der Waals surface area contributed by atoms with Crippen LogP contribution in [-0.2, 0) is 6.42 Å².